The summed E-state index contributed by atoms with van der Waals surface area (Å²) in [7, 11) is 0. The number of carboxylic acids is 2. The van der Waals surface area contributed by atoms with E-state index in [2.05, 4.69) is 4.74 Å². The van der Waals surface area contributed by atoms with Gasteiger partial charge in [-0.05, 0) is 19.3 Å². The Morgan fingerprint density at radius 2 is 1.35 bits per heavy atom. The van der Waals surface area contributed by atoms with E-state index in [0.717, 1.165) is 0 Å². The van der Waals surface area contributed by atoms with Crippen LogP contribution in [0, 0.1) is 5.41 Å². The van der Waals surface area contributed by atoms with Gasteiger partial charge in [-0.1, -0.05) is 20.8 Å². The summed E-state index contributed by atoms with van der Waals surface area (Å²) in [5.41, 5.74) is -3.67. The van der Waals surface area contributed by atoms with Gasteiger partial charge in [0.15, 0.2) is 5.60 Å². The van der Waals surface area contributed by atoms with Crippen LogP contribution in [0.15, 0.2) is 0 Å². The summed E-state index contributed by atoms with van der Waals surface area (Å²) in [5, 5.41) is 27.2. The first kappa shape index (κ1) is 24.3. The van der Waals surface area contributed by atoms with E-state index in [4.69, 9.17) is 10.2 Å². The van der Waals surface area contributed by atoms with Gasteiger partial charge in [0.1, 0.15) is 0 Å². The van der Waals surface area contributed by atoms with Crippen molar-refractivity contribution < 1.29 is 39.2 Å². The molecule has 1 unspecified atom stereocenters. The van der Waals surface area contributed by atoms with E-state index in [0.29, 0.717) is 19.3 Å². The molecule has 23 heavy (non-hydrogen) atoms. The van der Waals surface area contributed by atoms with Gasteiger partial charge in [0.2, 0.25) is 0 Å². The number of esters is 2. The third-order valence-corrected chi connectivity index (χ3v) is 3.95. The molecule has 0 aromatic heterocycles. The van der Waals surface area contributed by atoms with Crippen LogP contribution in [0.5, 0.6) is 0 Å². The molecule has 8 nitrogen and oxygen atoms in total. The van der Waals surface area contributed by atoms with Crippen molar-refractivity contribution in [1.82, 2.24) is 0 Å². The van der Waals surface area contributed by atoms with E-state index in [9.17, 15) is 24.3 Å². The van der Waals surface area contributed by atoms with Gasteiger partial charge in [0, 0.05) is 0 Å². The number of aliphatic carboxylic acids is 2. The van der Waals surface area contributed by atoms with E-state index in [1.807, 2.05) is 0 Å². The number of carbonyl (C=O) groups is 4. The molecule has 0 aliphatic carbocycles. The molecule has 0 aromatic rings. The third kappa shape index (κ3) is 6.58. The Morgan fingerprint density at radius 3 is 1.65 bits per heavy atom. The standard InChI is InChI=1S/C14H22O8.Na.H/c1-4-13(5-2,6-3)12(20)22-10(17)8-14(21,11(18)19)7-9(15)16;;/h21H,4-8H2,1-3H3,(H,15,16)(H,18,19);;. The summed E-state index contributed by atoms with van der Waals surface area (Å²) >= 11 is 0. The summed E-state index contributed by atoms with van der Waals surface area (Å²) in [6, 6.07) is 0. The zero-order valence-electron chi connectivity index (χ0n) is 12.9. The first-order valence-electron chi connectivity index (χ1n) is 6.99. The van der Waals surface area contributed by atoms with Gasteiger partial charge in [0.05, 0.1) is 18.3 Å². The summed E-state index contributed by atoms with van der Waals surface area (Å²) in [6.45, 7) is 5.28. The fourth-order valence-corrected chi connectivity index (χ4v) is 2.13. The molecule has 1 atom stereocenters. The molecule has 9 heteroatoms. The molecule has 0 fully saturated rings. The van der Waals surface area contributed by atoms with Crippen molar-refractivity contribution >= 4 is 53.4 Å². The number of rotatable bonds is 9. The van der Waals surface area contributed by atoms with Gasteiger partial charge >= 0.3 is 53.4 Å². The van der Waals surface area contributed by atoms with E-state index in [1.165, 1.54) is 0 Å². The number of ether oxygens (including phenoxy) is 1. The fraction of sp³-hybridized carbons (Fsp3) is 0.714. The molecule has 0 radical (unpaired) electrons. The van der Waals surface area contributed by atoms with Crippen LogP contribution in [0.3, 0.4) is 0 Å². The average molecular weight is 342 g/mol. The van der Waals surface area contributed by atoms with Crippen LogP contribution >= 0.6 is 0 Å². The van der Waals surface area contributed by atoms with Crippen molar-refractivity contribution in [3.8, 4) is 0 Å². The van der Waals surface area contributed by atoms with Crippen LogP contribution in [0.25, 0.3) is 0 Å². The van der Waals surface area contributed by atoms with Gasteiger partial charge in [-0.3, -0.25) is 14.4 Å². The van der Waals surface area contributed by atoms with Crippen molar-refractivity contribution in [1.29, 1.82) is 0 Å². The summed E-state index contributed by atoms with van der Waals surface area (Å²) < 4.78 is 4.62. The number of carboxylic acid groups (broad SMARTS) is 2. The van der Waals surface area contributed by atoms with Crippen LogP contribution in [0.4, 0.5) is 0 Å². The minimum absolute atomic E-state index is 0. The normalized spacial score (nSPS) is 13.4. The molecule has 3 N–H and O–H groups in total. The van der Waals surface area contributed by atoms with Crippen molar-refractivity contribution in [2.75, 3.05) is 0 Å². The van der Waals surface area contributed by atoms with Crippen molar-refractivity contribution in [2.45, 2.75) is 58.5 Å². The first-order chi connectivity index (χ1) is 10.1. The molecular formula is C14H23NaO8. The molecule has 0 aromatic carbocycles. The maximum atomic E-state index is 12.1. The Balaban J connectivity index is 0. The molecule has 0 heterocycles. The maximum absolute atomic E-state index is 12.1. The minimum atomic E-state index is -2.81. The molecule has 0 rings (SSSR count). The van der Waals surface area contributed by atoms with Gasteiger partial charge < -0.3 is 20.1 Å². The first-order valence-corrected chi connectivity index (χ1v) is 6.99. The Kier molecular flexibility index (Phi) is 10.6. The Labute approximate surface area is 156 Å². The van der Waals surface area contributed by atoms with Crippen LogP contribution in [-0.4, -0.2) is 74.4 Å². The molecule has 0 aliphatic rings. The van der Waals surface area contributed by atoms with Gasteiger partial charge in [-0.25, -0.2) is 4.79 Å². The second-order valence-electron chi connectivity index (χ2n) is 5.19. The second-order valence-corrected chi connectivity index (χ2v) is 5.19. The fourth-order valence-electron chi connectivity index (χ4n) is 2.13. The van der Waals surface area contributed by atoms with Crippen molar-refractivity contribution in [2.24, 2.45) is 5.41 Å². The molecule has 0 spiro atoms. The average Bonchev–Trinajstić information content (AvgIpc) is 2.39. The zero-order chi connectivity index (χ0) is 17.6. The second kappa shape index (κ2) is 10.0. The van der Waals surface area contributed by atoms with E-state index in [1.54, 1.807) is 20.8 Å². The van der Waals surface area contributed by atoms with Crippen LogP contribution in [0.2, 0.25) is 0 Å². The zero-order valence-corrected chi connectivity index (χ0v) is 12.9. The van der Waals surface area contributed by atoms with E-state index >= 15 is 0 Å². The number of aliphatic hydroxyl groups is 1. The van der Waals surface area contributed by atoms with Gasteiger partial charge in [0.25, 0.3) is 0 Å². The molecule has 0 saturated heterocycles. The summed E-state index contributed by atoms with van der Waals surface area (Å²) in [5.74, 6) is -5.52. The molecule has 0 bridgehead atoms. The molecule has 0 amide bonds. The third-order valence-electron chi connectivity index (χ3n) is 3.95. The van der Waals surface area contributed by atoms with Crippen LogP contribution < -0.4 is 0 Å². The number of hydrogen-bond acceptors (Lipinski definition) is 6. The van der Waals surface area contributed by atoms with Crippen LogP contribution in [-0.2, 0) is 23.9 Å². The number of carbonyl (C=O) groups excluding carboxylic acids is 2. The summed E-state index contributed by atoms with van der Waals surface area (Å²) in [6.07, 6.45) is -0.987. The Morgan fingerprint density at radius 1 is 0.913 bits per heavy atom. The Bertz CT molecular complexity index is 449. The molecule has 128 valence electrons. The predicted molar refractivity (Wildman–Crippen MR) is 81.0 cm³/mol. The van der Waals surface area contributed by atoms with Crippen molar-refractivity contribution in [3.63, 3.8) is 0 Å². The Hall–Kier alpha value is -0.960. The van der Waals surface area contributed by atoms with Gasteiger partial charge in [-0.15, -0.1) is 0 Å². The summed E-state index contributed by atoms with van der Waals surface area (Å²) in [4.78, 5) is 45.3. The van der Waals surface area contributed by atoms with Gasteiger partial charge in [-0.2, -0.15) is 0 Å². The SMILES string of the molecule is CCC(CC)(CC)C(=O)OC(=O)CC(O)(CC(=O)O)C(=O)O.[NaH]. The van der Waals surface area contributed by atoms with E-state index < -0.39 is 47.7 Å². The molecule has 0 saturated carbocycles. The monoisotopic (exact) mass is 342 g/mol. The predicted octanol–water partition coefficient (Wildman–Crippen LogP) is 0.305. The quantitative estimate of drug-likeness (QED) is 0.309. The molecule has 0 aliphatic heterocycles. The van der Waals surface area contributed by atoms with E-state index in [-0.39, 0.29) is 29.6 Å². The molecular weight excluding hydrogens is 319 g/mol. The topological polar surface area (TPSA) is 138 Å². The van der Waals surface area contributed by atoms with Crippen molar-refractivity contribution in [3.05, 3.63) is 0 Å². The number of hydrogen-bond donors (Lipinski definition) is 3. The van der Waals surface area contributed by atoms with Crippen LogP contribution in [0.1, 0.15) is 52.9 Å².